The number of carbonyl (C=O) groups is 1. The van der Waals surface area contributed by atoms with Crippen LogP contribution in [0.1, 0.15) is 18.1 Å². The molecule has 0 aliphatic heterocycles. The van der Waals surface area contributed by atoms with Crippen molar-refractivity contribution in [3.05, 3.63) is 41.7 Å². The third kappa shape index (κ3) is 3.11. The van der Waals surface area contributed by atoms with E-state index in [-0.39, 0.29) is 5.97 Å². The molecule has 0 aliphatic rings. The Hall–Kier alpha value is -1.57. The molecular formula is C11H12O2. The minimum Gasteiger partial charge on any atom is -0.435 e. The predicted molar refractivity (Wildman–Crippen MR) is 52.0 cm³/mol. The van der Waals surface area contributed by atoms with Gasteiger partial charge in [0, 0.05) is 6.92 Å². The van der Waals surface area contributed by atoms with Crippen molar-refractivity contribution in [3.63, 3.8) is 0 Å². The van der Waals surface area contributed by atoms with Crippen molar-refractivity contribution in [1.29, 1.82) is 0 Å². The molecule has 0 N–H and O–H groups in total. The molecule has 0 fully saturated rings. The molecular weight excluding hydrogens is 164 g/mol. The molecule has 13 heavy (non-hydrogen) atoms. The number of benzene rings is 1. The highest BCUT2D eigenvalue weighted by Crippen LogP contribution is 2.08. The van der Waals surface area contributed by atoms with E-state index in [0.717, 1.165) is 11.1 Å². The molecule has 1 aromatic rings. The zero-order valence-electron chi connectivity index (χ0n) is 7.78. The van der Waals surface area contributed by atoms with Crippen molar-refractivity contribution in [2.24, 2.45) is 0 Å². The first-order valence-corrected chi connectivity index (χ1v) is 4.09. The van der Waals surface area contributed by atoms with E-state index in [1.807, 2.05) is 31.2 Å². The first kappa shape index (κ1) is 9.52. The summed E-state index contributed by atoms with van der Waals surface area (Å²) in [5, 5.41) is 0. The minimum absolute atomic E-state index is 0.301. The van der Waals surface area contributed by atoms with Crippen LogP contribution in [0.25, 0.3) is 6.08 Å². The fourth-order valence-electron chi connectivity index (χ4n) is 0.977. The average Bonchev–Trinajstić information content (AvgIpc) is 2.08. The van der Waals surface area contributed by atoms with Gasteiger partial charge in [-0.3, -0.25) is 4.79 Å². The van der Waals surface area contributed by atoms with Crippen LogP contribution in [0.15, 0.2) is 30.5 Å². The fourth-order valence-corrected chi connectivity index (χ4v) is 0.977. The van der Waals surface area contributed by atoms with Gasteiger partial charge < -0.3 is 4.74 Å². The van der Waals surface area contributed by atoms with Crippen LogP contribution >= 0.6 is 0 Å². The molecule has 0 heterocycles. The number of carbonyl (C=O) groups excluding carboxylic acids is 1. The zero-order chi connectivity index (χ0) is 9.68. The van der Waals surface area contributed by atoms with Gasteiger partial charge in [0.15, 0.2) is 0 Å². The van der Waals surface area contributed by atoms with E-state index in [4.69, 9.17) is 0 Å². The lowest BCUT2D eigenvalue weighted by Crippen LogP contribution is -1.89. The molecule has 0 saturated carbocycles. The average molecular weight is 176 g/mol. The second kappa shape index (κ2) is 4.45. The van der Waals surface area contributed by atoms with Crippen LogP contribution < -0.4 is 0 Å². The standard InChI is InChI=1S/C11H12O2/c1-9-5-3-4-6-11(9)7-8-13-10(2)12/h3-8H,1-2H3/b8-7+. The van der Waals surface area contributed by atoms with E-state index in [0.29, 0.717) is 0 Å². The monoisotopic (exact) mass is 176 g/mol. The second-order valence-corrected chi connectivity index (χ2v) is 2.77. The smallest absolute Gasteiger partial charge is 0.307 e. The molecule has 0 spiro atoms. The van der Waals surface area contributed by atoms with Gasteiger partial charge in [0.05, 0.1) is 6.26 Å². The summed E-state index contributed by atoms with van der Waals surface area (Å²) in [7, 11) is 0. The Morgan fingerprint density at radius 3 is 2.69 bits per heavy atom. The maximum Gasteiger partial charge on any atom is 0.307 e. The molecule has 2 heteroatoms. The number of ether oxygens (including phenoxy) is 1. The summed E-state index contributed by atoms with van der Waals surface area (Å²) < 4.78 is 4.68. The van der Waals surface area contributed by atoms with Crippen molar-refractivity contribution in [3.8, 4) is 0 Å². The zero-order valence-corrected chi connectivity index (χ0v) is 7.78. The molecule has 2 nitrogen and oxygen atoms in total. The third-order valence-corrected chi connectivity index (χ3v) is 1.67. The van der Waals surface area contributed by atoms with Crippen LogP contribution in [-0.2, 0) is 9.53 Å². The topological polar surface area (TPSA) is 26.3 Å². The lowest BCUT2D eigenvalue weighted by atomic mass is 10.1. The Labute approximate surface area is 77.8 Å². The summed E-state index contributed by atoms with van der Waals surface area (Å²) in [6, 6.07) is 7.89. The van der Waals surface area contributed by atoms with E-state index in [2.05, 4.69) is 4.74 Å². The van der Waals surface area contributed by atoms with Gasteiger partial charge in [-0.25, -0.2) is 0 Å². The summed E-state index contributed by atoms with van der Waals surface area (Å²) in [5.74, 6) is -0.301. The number of aryl methyl sites for hydroxylation is 1. The van der Waals surface area contributed by atoms with Gasteiger partial charge in [0.1, 0.15) is 0 Å². The summed E-state index contributed by atoms with van der Waals surface area (Å²) in [5.41, 5.74) is 2.22. The summed E-state index contributed by atoms with van der Waals surface area (Å²) in [6.07, 6.45) is 3.18. The first-order chi connectivity index (χ1) is 6.20. The van der Waals surface area contributed by atoms with Gasteiger partial charge in [-0.05, 0) is 24.1 Å². The van der Waals surface area contributed by atoms with Crippen molar-refractivity contribution in [1.82, 2.24) is 0 Å². The van der Waals surface area contributed by atoms with Crippen LogP contribution in [0.3, 0.4) is 0 Å². The SMILES string of the molecule is CC(=O)O/C=C/c1ccccc1C. The van der Waals surface area contributed by atoms with Crippen LogP contribution in [0.5, 0.6) is 0 Å². The van der Waals surface area contributed by atoms with Gasteiger partial charge >= 0.3 is 5.97 Å². The molecule has 0 saturated heterocycles. The van der Waals surface area contributed by atoms with Crippen LogP contribution in [0, 0.1) is 6.92 Å². The van der Waals surface area contributed by atoms with Crippen molar-refractivity contribution < 1.29 is 9.53 Å². The van der Waals surface area contributed by atoms with Crippen LogP contribution in [0.4, 0.5) is 0 Å². The molecule has 68 valence electrons. The molecule has 0 atom stereocenters. The third-order valence-electron chi connectivity index (χ3n) is 1.67. The maximum atomic E-state index is 10.4. The highest BCUT2D eigenvalue weighted by Gasteiger charge is 1.91. The molecule has 0 aliphatic carbocycles. The van der Waals surface area contributed by atoms with Crippen LogP contribution in [0.2, 0.25) is 0 Å². The number of esters is 1. The van der Waals surface area contributed by atoms with E-state index < -0.39 is 0 Å². The molecule has 0 aromatic heterocycles. The Kier molecular flexibility index (Phi) is 3.26. The highest BCUT2D eigenvalue weighted by atomic mass is 16.5. The molecule has 1 rings (SSSR count). The normalized spacial score (nSPS) is 10.3. The molecule has 0 unspecified atom stereocenters. The van der Waals surface area contributed by atoms with Crippen molar-refractivity contribution >= 4 is 12.0 Å². The minimum atomic E-state index is -0.301. The predicted octanol–water partition coefficient (Wildman–Crippen LogP) is 2.53. The quantitative estimate of drug-likeness (QED) is 0.511. The van der Waals surface area contributed by atoms with Crippen LogP contribution in [-0.4, -0.2) is 5.97 Å². The number of rotatable bonds is 2. The first-order valence-electron chi connectivity index (χ1n) is 4.09. The number of hydrogen-bond acceptors (Lipinski definition) is 2. The maximum absolute atomic E-state index is 10.4. The van der Waals surface area contributed by atoms with Gasteiger partial charge in [-0.15, -0.1) is 0 Å². The lowest BCUT2D eigenvalue weighted by molar-refractivity contribution is -0.135. The fraction of sp³-hybridized carbons (Fsp3) is 0.182. The largest absolute Gasteiger partial charge is 0.435 e. The molecule has 0 radical (unpaired) electrons. The molecule has 1 aromatic carbocycles. The number of hydrogen-bond donors (Lipinski definition) is 0. The van der Waals surface area contributed by atoms with Gasteiger partial charge in [0.25, 0.3) is 0 Å². The Balaban J connectivity index is 2.68. The summed E-state index contributed by atoms with van der Waals surface area (Å²) in [6.45, 7) is 3.38. The highest BCUT2D eigenvalue weighted by molar-refractivity contribution is 5.67. The van der Waals surface area contributed by atoms with E-state index >= 15 is 0 Å². The Bertz CT molecular complexity index is 327. The van der Waals surface area contributed by atoms with Gasteiger partial charge in [-0.2, -0.15) is 0 Å². The Morgan fingerprint density at radius 2 is 2.08 bits per heavy atom. The lowest BCUT2D eigenvalue weighted by Gasteiger charge is -1.97. The Morgan fingerprint density at radius 1 is 1.38 bits per heavy atom. The van der Waals surface area contributed by atoms with Gasteiger partial charge in [-0.1, -0.05) is 24.3 Å². The molecule has 0 amide bonds. The summed E-state index contributed by atoms with van der Waals surface area (Å²) >= 11 is 0. The molecule has 0 bridgehead atoms. The van der Waals surface area contributed by atoms with E-state index in [9.17, 15) is 4.79 Å². The van der Waals surface area contributed by atoms with Crippen molar-refractivity contribution in [2.75, 3.05) is 0 Å². The van der Waals surface area contributed by atoms with Crippen molar-refractivity contribution in [2.45, 2.75) is 13.8 Å². The van der Waals surface area contributed by atoms with Gasteiger partial charge in [0.2, 0.25) is 0 Å². The van der Waals surface area contributed by atoms with E-state index in [1.165, 1.54) is 13.2 Å². The second-order valence-electron chi connectivity index (χ2n) is 2.77. The van der Waals surface area contributed by atoms with E-state index in [1.54, 1.807) is 6.08 Å². The summed E-state index contributed by atoms with van der Waals surface area (Å²) in [4.78, 5) is 10.4.